The van der Waals surface area contributed by atoms with Crippen molar-refractivity contribution in [2.24, 2.45) is 13.0 Å². The zero-order valence-corrected chi connectivity index (χ0v) is 15.0. The number of fused-ring (bicyclic) bond motifs is 1. The van der Waals surface area contributed by atoms with Crippen molar-refractivity contribution in [3.63, 3.8) is 0 Å². The zero-order chi connectivity index (χ0) is 19.8. The highest BCUT2D eigenvalue weighted by molar-refractivity contribution is 5.97. The molecule has 0 radical (unpaired) electrons. The molecule has 6 nitrogen and oxygen atoms in total. The SMILES string of the molecule is CC1CCC1.Cn1ncc2c(N)nnc(-c3ccc(C(F)(F)F)cc3O)c21. The molecule has 0 aliphatic heterocycles. The Balaban J connectivity index is 0.000000364. The number of nitrogens with two attached hydrogens (primary N) is 1. The smallest absolute Gasteiger partial charge is 0.416 e. The minimum absolute atomic E-state index is 0.120. The Morgan fingerprint density at radius 3 is 2.41 bits per heavy atom. The number of nitrogens with zero attached hydrogens (tertiary/aromatic N) is 4. The van der Waals surface area contributed by atoms with Gasteiger partial charge in [-0.2, -0.15) is 18.3 Å². The average Bonchev–Trinajstić information content (AvgIpc) is 2.97. The van der Waals surface area contributed by atoms with Crippen LogP contribution in [0.1, 0.15) is 31.7 Å². The molecule has 3 aromatic rings. The van der Waals surface area contributed by atoms with E-state index in [2.05, 4.69) is 22.2 Å². The summed E-state index contributed by atoms with van der Waals surface area (Å²) in [5.74, 6) is 0.671. The molecule has 1 fully saturated rings. The monoisotopic (exact) mass is 379 g/mol. The lowest BCUT2D eigenvalue weighted by Gasteiger charge is -2.18. The van der Waals surface area contributed by atoms with E-state index < -0.39 is 17.5 Å². The van der Waals surface area contributed by atoms with Crippen molar-refractivity contribution in [2.75, 3.05) is 5.73 Å². The molecule has 1 aliphatic carbocycles. The van der Waals surface area contributed by atoms with E-state index in [1.165, 1.54) is 30.1 Å². The molecule has 27 heavy (non-hydrogen) atoms. The number of nitrogen functional groups attached to an aromatic ring is 1. The number of halogens is 3. The van der Waals surface area contributed by atoms with Crippen molar-refractivity contribution in [3.8, 4) is 17.0 Å². The summed E-state index contributed by atoms with van der Waals surface area (Å²) in [5.41, 5.74) is 5.55. The van der Waals surface area contributed by atoms with Gasteiger partial charge in [0.2, 0.25) is 0 Å². The van der Waals surface area contributed by atoms with E-state index in [-0.39, 0.29) is 17.1 Å². The Labute approximate surface area is 153 Å². The average molecular weight is 379 g/mol. The highest BCUT2D eigenvalue weighted by Gasteiger charge is 2.31. The quantitative estimate of drug-likeness (QED) is 0.663. The number of aromatic hydroxyl groups is 1. The second-order valence-corrected chi connectivity index (χ2v) is 6.73. The fourth-order valence-corrected chi connectivity index (χ4v) is 2.81. The standard InChI is InChI=1S/C13H10F3N5O.C5H10/c1-21-11-8(5-18-21)12(17)20-19-10(11)7-3-2-6(4-9(7)22)13(14,15)16;1-5-3-2-4-5/h2-5,22H,1H3,(H2,17,20);5H,2-4H2,1H3. The summed E-state index contributed by atoms with van der Waals surface area (Å²) >= 11 is 0. The zero-order valence-electron chi connectivity index (χ0n) is 15.0. The molecule has 0 saturated heterocycles. The van der Waals surface area contributed by atoms with Gasteiger partial charge in [-0.3, -0.25) is 4.68 Å². The Hall–Kier alpha value is -2.84. The van der Waals surface area contributed by atoms with E-state index in [4.69, 9.17) is 5.73 Å². The highest BCUT2D eigenvalue weighted by atomic mass is 19.4. The number of aryl methyl sites for hydroxylation is 1. The molecular formula is C18H20F3N5O. The Kier molecular flexibility index (Phi) is 4.95. The molecule has 1 saturated carbocycles. The molecule has 9 heteroatoms. The third-order valence-electron chi connectivity index (χ3n) is 4.67. The summed E-state index contributed by atoms with van der Waals surface area (Å²) < 4.78 is 39.4. The van der Waals surface area contributed by atoms with E-state index in [9.17, 15) is 18.3 Å². The first kappa shape index (κ1) is 18.9. The summed E-state index contributed by atoms with van der Waals surface area (Å²) in [7, 11) is 1.63. The number of phenols is 1. The van der Waals surface area contributed by atoms with Gasteiger partial charge in [-0.1, -0.05) is 26.2 Å². The third kappa shape index (κ3) is 3.81. The number of hydrogen-bond donors (Lipinski definition) is 2. The first-order chi connectivity index (χ1) is 12.7. The van der Waals surface area contributed by atoms with Gasteiger partial charge in [0.15, 0.2) is 5.82 Å². The lowest BCUT2D eigenvalue weighted by atomic mass is 9.88. The molecule has 1 aromatic carbocycles. The van der Waals surface area contributed by atoms with Crippen LogP contribution in [0.25, 0.3) is 22.2 Å². The summed E-state index contributed by atoms with van der Waals surface area (Å²) in [6.07, 6.45) is 1.40. The van der Waals surface area contributed by atoms with Crippen LogP contribution < -0.4 is 5.73 Å². The second-order valence-electron chi connectivity index (χ2n) is 6.73. The maximum atomic E-state index is 12.7. The second kappa shape index (κ2) is 7.05. The van der Waals surface area contributed by atoms with Gasteiger partial charge in [-0.15, -0.1) is 10.2 Å². The molecule has 0 spiro atoms. The summed E-state index contributed by atoms with van der Waals surface area (Å²) in [6.45, 7) is 2.31. The molecule has 2 heterocycles. The number of phenolic OH excluding ortho intramolecular Hbond substituents is 1. The number of anilines is 1. The van der Waals surface area contributed by atoms with Crippen LogP contribution in [0.2, 0.25) is 0 Å². The maximum Gasteiger partial charge on any atom is 0.416 e. The largest absolute Gasteiger partial charge is 0.507 e. The lowest BCUT2D eigenvalue weighted by Crippen LogP contribution is -2.05. The fourth-order valence-electron chi connectivity index (χ4n) is 2.81. The third-order valence-corrected chi connectivity index (χ3v) is 4.67. The normalized spacial score (nSPS) is 14.6. The molecular weight excluding hydrogens is 359 g/mol. The van der Waals surface area contributed by atoms with Crippen molar-refractivity contribution in [1.29, 1.82) is 0 Å². The molecule has 0 atom stereocenters. The van der Waals surface area contributed by atoms with Crippen LogP contribution in [0.4, 0.5) is 19.0 Å². The topological polar surface area (TPSA) is 89.9 Å². The summed E-state index contributed by atoms with van der Waals surface area (Å²) in [5, 5.41) is 22.1. The minimum Gasteiger partial charge on any atom is -0.507 e. The van der Waals surface area contributed by atoms with E-state index in [1.807, 2.05) is 0 Å². The molecule has 0 amide bonds. The van der Waals surface area contributed by atoms with Crippen LogP contribution in [-0.2, 0) is 13.2 Å². The molecule has 0 unspecified atom stereocenters. The fraction of sp³-hybridized carbons (Fsp3) is 0.389. The van der Waals surface area contributed by atoms with Crippen molar-refractivity contribution < 1.29 is 18.3 Å². The van der Waals surface area contributed by atoms with E-state index in [0.717, 1.165) is 18.1 Å². The Morgan fingerprint density at radius 2 is 1.89 bits per heavy atom. The predicted molar refractivity (Wildman–Crippen MR) is 95.8 cm³/mol. The van der Waals surface area contributed by atoms with Gasteiger partial charge >= 0.3 is 6.18 Å². The predicted octanol–water partition coefficient (Wildman–Crippen LogP) is 4.14. The van der Waals surface area contributed by atoms with Crippen LogP contribution in [0.3, 0.4) is 0 Å². The molecule has 4 rings (SSSR count). The van der Waals surface area contributed by atoms with Crippen LogP contribution in [0.5, 0.6) is 5.75 Å². The highest BCUT2D eigenvalue weighted by Crippen LogP contribution is 2.38. The molecule has 2 aromatic heterocycles. The molecule has 1 aliphatic rings. The van der Waals surface area contributed by atoms with Crippen LogP contribution in [0, 0.1) is 5.92 Å². The first-order valence-electron chi connectivity index (χ1n) is 8.53. The van der Waals surface area contributed by atoms with Crippen molar-refractivity contribution in [1.82, 2.24) is 20.0 Å². The number of aromatic nitrogens is 4. The van der Waals surface area contributed by atoms with E-state index in [1.54, 1.807) is 7.05 Å². The van der Waals surface area contributed by atoms with Gasteiger partial charge in [-0.25, -0.2) is 0 Å². The molecule has 3 N–H and O–H groups in total. The molecule has 0 bridgehead atoms. The number of benzene rings is 1. The number of alkyl halides is 3. The lowest BCUT2D eigenvalue weighted by molar-refractivity contribution is -0.137. The van der Waals surface area contributed by atoms with Gasteiger partial charge < -0.3 is 10.8 Å². The van der Waals surface area contributed by atoms with E-state index >= 15 is 0 Å². The number of rotatable bonds is 1. The Bertz CT molecular complexity index is 964. The van der Waals surface area contributed by atoms with Gasteiger partial charge in [0.05, 0.1) is 22.7 Å². The van der Waals surface area contributed by atoms with Gasteiger partial charge in [-0.05, 0) is 24.1 Å². The summed E-state index contributed by atoms with van der Waals surface area (Å²) in [4.78, 5) is 0. The van der Waals surface area contributed by atoms with Crippen LogP contribution in [-0.4, -0.2) is 25.1 Å². The van der Waals surface area contributed by atoms with Gasteiger partial charge in [0, 0.05) is 12.6 Å². The number of hydrogen-bond acceptors (Lipinski definition) is 5. The van der Waals surface area contributed by atoms with Gasteiger partial charge in [0.25, 0.3) is 0 Å². The Morgan fingerprint density at radius 1 is 1.22 bits per heavy atom. The van der Waals surface area contributed by atoms with Crippen LogP contribution in [0.15, 0.2) is 24.4 Å². The minimum atomic E-state index is -4.54. The van der Waals surface area contributed by atoms with Crippen molar-refractivity contribution >= 4 is 16.7 Å². The van der Waals surface area contributed by atoms with Crippen molar-refractivity contribution in [2.45, 2.75) is 32.4 Å². The van der Waals surface area contributed by atoms with E-state index in [0.29, 0.717) is 17.0 Å². The summed E-state index contributed by atoms with van der Waals surface area (Å²) in [6, 6.07) is 2.66. The van der Waals surface area contributed by atoms with Crippen LogP contribution >= 0.6 is 0 Å². The first-order valence-corrected chi connectivity index (χ1v) is 8.53. The maximum absolute atomic E-state index is 12.7. The van der Waals surface area contributed by atoms with Gasteiger partial charge in [0.1, 0.15) is 11.4 Å². The van der Waals surface area contributed by atoms with Crippen molar-refractivity contribution in [3.05, 3.63) is 30.0 Å². The molecule has 144 valence electrons.